The molecule has 0 atom stereocenters. The van der Waals surface area contributed by atoms with E-state index in [1.165, 1.54) is 0 Å². The number of hydrogen-bond donors (Lipinski definition) is 0. The van der Waals surface area contributed by atoms with Crippen LogP contribution in [0.3, 0.4) is 0 Å². The molecule has 148 valence electrons. The number of carbonyl (C=O) groups excluding carboxylic acids is 1. The summed E-state index contributed by atoms with van der Waals surface area (Å²) < 4.78 is 5.34. The Morgan fingerprint density at radius 3 is 1.93 bits per heavy atom. The Bertz CT molecular complexity index is 896. The summed E-state index contributed by atoms with van der Waals surface area (Å²) in [7, 11) is 1.68. The van der Waals surface area contributed by atoms with Crippen LogP contribution < -0.4 is 9.64 Å². The van der Waals surface area contributed by atoms with Crippen LogP contribution in [0.2, 0.25) is 0 Å². The van der Waals surface area contributed by atoms with Crippen molar-refractivity contribution >= 4 is 11.6 Å². The van der Waals surface area contributed by atoms with Crippen LogP contribution in [0.5, 0.6) is 5.75 Å². The maximum Gasteiger partial charge on any atom is 0.234 e. The van der Waals surface area contributed by atoms with Crippen molar-refractivity contribution in [2.45, 2.75) is 5.92 Å². The van der Waals surface area contributed by atoms with E-state index >= 15 is 0 Å². The quantitative estimate of drug-likeness (QED) is 0.660. The molecule has 1 fully saturated rings. The van der Waals surface area contributed by atoms with E-state index in [0.29, 0.717) is 13.1 Å². The van der Waals surface area contributed by atoms with Gasteiger partial charge in [0.2, 0.25) is 5.91 Å². The number of anilines is 1. The van der Waals surface area contributed by atoms with Gasteiger partial charge in [-0.2, -0.15) is 0 Å². The first-order chi connectivity index (χ1) is 14.3. The first-order valence-electron chi connectivity index (χ1n) is 10.0. The number of benzene rings is 3. The van der Waals surface area contributed by atoms with Crippen LogP contribution in [0.15, 0.2) is 84.9 Å². The molecule has 0 spiro atoms. The summed E-state index contributed by atoms with van der Waals surface area (Å²) in [5.41, 5.74) is 3.22. The van der Waals surface area contributed by atoms with E-state index in [1.54, 1.807) is 7.11 Å². The molecule has 3 aromatic carbocycles. The van der Waals surface area contributed by atoms with Crippen molar-refractivity contribution in [3.63, 3.8) is 0 Å². The van der Waals surface area contributed by atoms with Gasteiger partial charge in [-0.1, -0.05) is 66.7 Å². The molecule has 1 aliphatic rings. The predicted molar refractivity (Wildman–Crippen MR) is 117 cm³/mol. The molecule has 0 bridgehead atoms. The van der Waals surface area contributed by atoms with Crippen LogP contribution in [-0.2, 0) is 4.79 Å². The second-order valence-corrected chi connectivity index (χ2v) is 7.27. The van der Waals surface area contributed by atoms with Gasteiger partial charge in [0.25, 0.3) is 0 Å². The lowest BCUT2D eigenvalue weighted by atomic mass is 9.90. The Hall–Kier alpha value is -3.27. The van der Waals surface area contributed by atoms with Gasteiger partial charge < -0.3 is 14.5 Å². The smallest absolute Gasteiger partial charge is 0.234 e. The molecule has 1 heterocycles. The zero-order valence-corrected chi connectivity index (χ0v) is 16.7. The van der Waals surface area contributed by atoms with Crippen molar-refractivity contribution in [3.8, 4) is 5.75 Å². The van der Waals surface area contributed by atoms with Gasteiger partial charge in [0.15, 0.2) is 0 Å². The number of methoxy groups -OCH3 is 1. The van der Waals surface area contributed by atoms with Crippen LogP contribution in [-0.4, -0.2) is 44.1 Å². The minimum Gasteiger partial charge on any atom is -0.497 e. The van der Waals surface area contributed by atoms with E-state index in [1.807, 2.05) is 83.8 Å². The van der Waals surface area contributed by atoms with E-state index < -0.39 is 0 Å². The van der Waals surface area contributed by atoms with Gasteiger partial charge in [-0.05, 0) is 23.3 Å². The molecule has 0 radical (unpaired) electrons. The number of amides is 1. The molecule has 4 nitrogen and oxygen atoms in total. The third-order valence-corrected chi connectivity index (χ3v) is 5.52. The lowest BCUT2D eigenvalue weighted by Gasteiger charge is -2.38. The van der Waals surface area contributed by atoms with Crippen LogP contribution in [0.1, 0.15) is 17.0 Å². The highest BCUT2D eigenvalue weighted by atomic mass is 16.5. The Morgan fingerprint density at radius 2 is 1.38 bits per heavy atom. The van der Waals surface area contributed by atoms with Gasteiger partial charge in [0, 0.05) is 37.9 Å². The standard InChI is InChI=1S/C25H26N2O2/c1-29-23-14-8-13-22(19-23)26-15-17-27(18-16-26)25(28)24(20-9-4-2-5-10-20)21-11-6-3-7-12-21/h2-14,19,24H,15-18H2,1H3. The zero-order chi connectivity index (χ0) is 20.1. The molecule has 0 aromatic heterocycles. The van der Waals surface area contributed by atoms with Crippen LogP contribution in [0.25, 0.3) is 0 Å². The van der Waals surface area contributed by atoms with E-state index in [4.69, 9.17) is 4.74 Å². The SMILES string of the molecule is COc1cccc(N2CCN(C(=O)C(c3ccccc3)c3ccccc3)CC2)c1. The summed E-state index contributed by atoms with van der Waals surface area (Å²) in [5, 5.41) is 0. The topological polar surface area (TPSA) is 32.8 Å². The summed E-state index contributed by atoms with van der Waals surface area (Å²) >= 11 is 0. The highest BCUT2D eigenvalue weighted by Crippen LogP contribution is 2.28. The molecule has 1 saturated heterocycles. The Labute approximate surface area is 172 Å². The Morgan fingerprint density at radius 1 is 0.793 bits per heavy atom. The first kappa shape index (κ1) is 19.1. The van der Waals surface area contributed by atoms with Gasteiger partial charge in [0.1, 0.15) is 5.75 Å². The monoisotopic (exact) mass is 386 g/mol. The molecule has 4 heteroatoms. The largest absolute Gasteiger partial charge is 0.497 e. The molecule has 3 aromatic rings. The summed E-state index contributed by atoms with van der Waals surface area (Å²) in [5.74, 6) is 0.766. The molecule has 0 saturated carbocycles. The minimum absolute atomic E-state index is 0.174. The molecule has 29 heavy (non-hydrogen) atoms. The van der Waals surface area contributed by atoms with Crippen LogP contribution in [0, 0.1) is 0 Å². The molecule has 4 rings (SSSR count). The second-order valence-electron chi connectivity index (χ2n) is 7.27. The van der Waals surface area contributed by atoms with Gasteiger partial charge in [0.05, 0.1) is 13.0 Å². The summed E-state index contributed by atoms with van der Waals surface area (Å²) in [4.78, 5) is 17.8. The number of ether oxygens (including phenoxy) is 1. The summed E-state index contributed by atoms with van der Waals surface area (Å²) in [6.45, 7) is 3.06. The number of nitrogens with zero attached hydrogens (tertiary/aromatic N) is 2. The molecular formula is C25H26N2O2. The van der Waals surface area contributed by atoms with Gasteiger partial charge in [-0.15, -0.1) is 0 Å². The fourth-order valence-electron chi connectivity index (χ4n) is 3.94. The van der Waals surface area contributed by atoms with Crippen LogP contribution in [0.4, 0.5) is 5.69 Å². The summed E-state index contributed by atoms with van der Waals surface area (Å²) in [6, 6.07) is 28.3. The maximum absolute atomic E-state index is 13.5. The van der Waals surface area contributed by atoms with Gasteiger partial charge >= 0.3 is 0 Å². The average Bonchev–Trinajstić information content (AvgIpc) is 2.81. The molecule has 0 aliphatic carbocycles. The third-order valence-electron chi connectivity index (χ3n) is 5.52. The molecule has 1 amide bonds. The fourth-order valence-corrected chi connectivity index (χ4v) is 3.94. The normalized spacial score (nSPS) is 14.1. The maximum atomic E-state index is 13.5. The van der Waals surface area contributed by atoms with Crippen molar-refractivity contribution < 1.29 is 9.53 Å². The highest BCUT2D eigenvalue weighted by Gasteiger charge is 2.29. The first-order valence-corrected chi connectivity index (χ1v) is 10.0. The predicted octanol–water partition coefficient (Wildman–Crippen LogP) is 4.18. The second kappa shape index (κ2) is 8.82. The third kappa shape index (κ3) is 4.27. The number of rotatable bonds is 5. The number of carbonyl (C=O) groups is 1. The highest BCUT2D eigenvalue weighted by molar-refractivity contribution is 5.87. The van der Waals surface area contributed by atoms with Crippen LogP contribution >= 0.6 is 0 Å². The van der Waals surface area contributed by atoms with Crippen molar-refractivity contribution in [1.29, 1.82) is 0 Å². The van der Waals surface area contributed by atoms with E-state index in [0.717, 1.165) is 35.7 Å². The lowest BCUT2D eigenvalue weighted by Crippen LogP contribution is -2.50. The summed E-state index contributed by atoms with van der Waals surface area (Å²) in [6.07, 6.45) is 0. The molecule has 0 N–H and O–H groups in total. The number of piperazine rings is 1. The average molecular weight is 386 g/mol. The van der Waals surface area contributed by atoms with Gasteiger partial charge in [-0.25, -0.2) is 0 Å². The lowest BCUT2D eigenvalue weighted by molar-refractivity contribution is -0.132. The minimum atomic E-state index is -0.263. The van der Waals surface area contributed by atoms with E-state index in [-0.39, 0.29) is 11.8 Å². The fraction of sp³-hybridized carbons (Fsp3) is 0.240. The van der Waals surface area contributed by atoms with Crippen molar-refractivity contribution in [1.82, 2.24) is 4.90 Å². The zero-order valence-electron chi connectivity index (χ0n) is 16.7. The molecule has 0 unspecified atom stereocenters. The molecule has 1 aliphatic heterocycles. The molecular weight excluding hydrogens is 360 g/mol. The van der Waals surface area contributed by atoms with Crippen molar-refractivity contribution in [2.24, 2.45) is 0 Å². The number of hydrogen-bond acceptors (Lipinski definition) is 3. The Balaban J connectivity index is 1.51. The van der Waals surface area contributed by atoms with E-state index in [9.17, 15) is 4.79 Å². The van der Waals surface area contributed by atoms with E-state index in [2.05, 4.69) is 11.0 Å². The van der Waals surface area contributed by atoms with Crippen molar-refractivity contribution in [2.75, 3.05) is 38.2 Å². The van der Waals surface area contributed by atoms with Crippen molar-refractivity contribution in [3.05, 3.63) is 96.1 Å². The Kier molecular flexibility index (Phi) is 5.80. The van der Waals surface area contributed by atoms with Gasteiger partial charge in [-0.3, -0.25) is 4.79 Å².